The highest BCUT2D eigenvalue weighted by atomic mass is 16.5. The standard InChI is InChI=1S/C24H24N2O2/c1-16(2)14-28-15-18-6-3-4-9-21(18)23-13-26-24-22(23)11-19(12-25-24)17-7-5-8-20(27)10-17/h3-13,16,27H,14-15H2,1-2H3,(H,25,26). The normalized spacial score (nSPS) is 11.4. The molecule has 4 nitrogen and oxygen atoms in total. The van der Waals surface area contributed by atoms with Gasteiger partial charge in [-0.15, -0.1) is 0 Å². The van der Waals surface area contributed by atoms with Crippen molar-refractivity contribution in [3.8, 4) is 28.0 Å². The number of hydrogen-bond donors (Lipinski definition) is 2. The second-order valence-electron chi connectivity index (χ2n) is 7.44. The Labute approximate surface area is 164 Å². The van der Waals surface area contributed by atoms with E-state index in [1.807, 2.05) is 36.7 Å². The molecule has 0 spiro atoms. The fraction of sp³-hybridized carbons (Fsp3) is 0.208. The molecule has 2 aromatic carbocycles. The van der Waals surface area contributed by atoms with Crippen LogP contribution >= 0.6 is 0 Å². The summed E-state index contributed by atoms with van der Waals surface area (Å²) in [7, 11) is 0. The van der Waals surface area contributed by atoms with Gasteiger partial charge in [-0.3, -0.25) is 0 Å². The van der Waals surface area contributed by atoms with E-state index in [1.54, 1.807) is 12.1 Å². The largest absolute Gasteiger partial charge is 0.508 e. The predicted molar refractivity (Wildman–Crippen MR) is 113 cm³/mol. The number of rotatable bonds is 6. The fourth-order valence-corrected chi connectivity index (χ4v) is 3.38. The number of hydrogen-bond acceptors (Lipinski definition) is 3. The van der Waals surface area contributed by atoms with Crippen molar-refractivity contribution in [2.45, 2.75) is 20.5 Å². The Bertz CT molecular complexity index is 1100. The Balaban J connectivity index is 1.75. The first-order chi connectivity index (χ1) is 13.6. The molecule has 142 valence electrons. The monoisotopic (exact) mass is 372 g/mol. The summed E-state index contributed by atoms with van der Waals surface area (Å²) in [6, 6.07) is 17.7. The maximum absolute atomic E-state index is 9.80. The van der Waals surface area contributed by atoms with E-state index in [-0.39, 0.29) is 5.75 Å². The lowest BCUT2D eigenvalue weighted by atomic mass is 9.98. The summed E-state index contributed by atoms with van der Waals surface area (Å²) in [6.07, 6.45) is 3.83. The predicted octanol–water partition coefficient (Wildman–Crippen LogP) is 5.78. The van der Waals surface area contributed by atoms with E-state index in [4.69, 9.17) is 4.74 Å². The van der Waals surface area contributed by atoms with Crippen molar-refractivity contribution in [3.63, 3.8) is 0 Å². The lowest BCUT2D eigenvalue weighted by Gasteiger charge is -2.11. The van der Waals surface area contributed by atoms with E-state index in [0.29, 0.717) is 12.5 Å². The molecule has 0 unspecified atom stereocenters. The highest BCUT2D eigenvalue weighted by molar-refractivity contribution is 5.96. The van der Waals surface area contributed by atoms with Crippen LogP contribution in [-0.4, -0.2) is 21.7 Å². The first-order valence-electron chi connectivity index (χ1n) is 9.54. The number of aromatic hydroxyl groups is 1. The van der Waals surface area contributed by atoms with E-state index < -0.39 is 0 Å². The van der Waals surface area contributed by atoms with Gasteiger partial charge in [-0.05, 0) is 40.8 Å². The Hall–Kier alpha value is -3.11. The second-order valence-corrected chi connectivity index (χ2v) is 7.44. The Morgan fingerprint density at radius 1 is 1.00 bits per heavy atom. The van der Waals surface area contributed by atoms with Gasteiger partial charge < -0.3 is 14.8 Å². The van der Waals surface area contributed by atoms with Gasteiger partial charge in [0.15, 0.2) is 0 Å². The number of phenols is 1. The van der Waals surface area contributed by atoms with Crippen LogP contribution in [0, 0.1) is 5.92 Å². The summed E-state index contributed by atoms with van der Waals surface area (Å²) < 4.78 is 5.88. The number of aromatic nitrogens is 2. The van der Waals surface area contributed by atoms with Gasteiger partial charge in [-0.2, -0.15) is 0 Å². The van der Waals surface area contributed by atoms with Gasteiger partial charge >= 0.3 is 0 Å². The van der Waals surface area contributed by atoms with Crippen molar-refractivity contribution < 1.29 is 9.84 Å². The summed E-state index contributed by atoms with van der Waals surface area (Å²) in [5, 5.41) is 10.9. The van der Waals surface area contributed by atoms with Crippen LogP contribution < -0.4 is 0 Å². The quantitative estimate of drug-likeness (QED) is 0.451. The molecular formula is C24H24N2O2. The van der Waals surface area contributed by atoms with Crippen molar-refractivity contribution in [2.24, 2.45) is 5.92 Å². The van der Waals surface area contributed by atoms with Crippen molar-refractivity contribution in [2.75, 3.05) is 6.61 Å². The minimum Gasteiger partial charge on any atom is -0.508 e. The van der Waals surface area contributed by atoms with Crippen molar-refractivity contribution >= 4 is 11.0 Å². The molecular weight excluding hydrogens is 348 g/mol. The zero-order chi connectivity index (χ0) is 19.5. The molecule has 0 aliphatic heterocycles. The molecule has 2 N–H and O–H groups in total. The van der Waals surface area contributed by atoms with E-state index >= 15 is 0 Å². The number of aromatic amines is 1. The van der Waals surface area contributed by atoms with E-state index in [2.05, 4.69) is 42.0 Å². The van der Waals surface area contributed by atoms with Crippen LogP contribution in [0.25, 0.3) is 33.3 Å². The zero-order valence-electron chi connectivity index (χ0n) is 16.1. The van der Waals surface area contributed by atoms with Crippen LogP contribution in [0.2, 0.25) is 0 Å². The molecule has 4 heteroatoms. The van der Waals surface area contributed by atoms with Gasteiger partial charge in [-0.25, -0.2) is 4.98 Å². The Morgan fingerprint density at radius 2 is 1.86 bits per heavy atom. The Morgan fingerprint density at radius 3 is 2.68 bits per heavy atom. The number of ether oxygens (including phenoxy) is 1. The minimum atomic E-state index is 0.250. The highest BCUT2D eigenvalue weighted by Gasteiger charge is 2.12. The SMILES string of the molecule is CC(C)COCc1ccccc1-c1c[nH]c2ncc(-c3cccc(O)c3)cc12. The summed E-state index contributed by atoms with van der Waals surface area (Å²) in [6.45, 7) is 5.63. The Kier molecular flexibility index (Phi) is 5.13. The van der Waals surface area contributed by atoms with Crippen molar-refractivity contribution in [1.29, 1.82) is 0 Å². The summed E-state index contributed by atoms with van der Waals surface area (Å²) in [5.74, 6) is 0.758. The molecule has 0 radical (unpaired) electrons. The van der Waals surface area contributed by atoms with Crippen LogP contribution in [-0.2, 0) is 11.3 Å². The number of H-pyrrole nitrogens is 1. The number of nitrogens with one attached hydrogen (secondary N) is 1. The highest BCUT2D eigenvalue weighted by Crippen LogP contribution is 2.33. The van der Waals surface area contributed by atoms with Crippen molar-refractivity contribution in [3.05, 3.63) is 72.6 Å². The summed E-state index contributed by atoms with van der Waals surface area (Å²) >= 11 is 0. The number of fused-ring (bicyclic) bond motifs is 1. The zero-order valence-corrected chi connectivity index (χ0v) is 16.1. The molecule has 0 amide bonds. The third-order valence-corrected chi connectivity index (χ3v) is 4.73. The molecule has 0 aliphatic rings. The van der Waals surface area contributed by atoms with Gasteiger partial charge in [0.2, 0.25) is 0 Å². The lowest BCUT2D eigenvalue weighted by Crippen LogP contribution is -2.02. The van der Waals surface area contributed by atoms with Crippen LogP contribution in [0.4, 0.5) is 0 Å². The number of phenolic OH excluding ortho intramolecular Hbond substituents is 1. The number of nitrogens with zero attached hydrogens (tertiary/aromatic N) is 1. The smallest absolute Gasteiger partial charge is 0.137 e. The summed E-state index contributed by atoms with van der Waals surface area (Å²) in [5.41, 5.74) is 6.16. The number of pyridine rings is 1. The minimum absolute atomic E-state index is 0.250. The molecule has 4 aromatic rings. The molecule has 2 heterocycles. The molecule has 0 atom stereocenters. The molecule has 0 fully saturated rings. The summed E-state index contributed by atoms with van der Waals surface area (Å²) in [4.78, 5) is 7.86. The van der Waals surface area contributed by atoms with Crippen LogP contribution in [0.1, 0.15) is 19.4 Å². The van der Waals surface area contributed by atoms with Gasteiger partial charge in [0, 0.05) is 35.5 Å². The van der Waals surface area contributed by atoms with E-state index in [9.17, 15) is 5.11 Å². The second kappa shape index (κ2) is 7.87. The van der Waals surface area contributed by atoms with Crippen LogP contribution in [0.3, 0.4) is 0 Å². The molecule has 0 aliphatic carbocycles. The molecule has 0 saturated carbocycles. The van der Waals surface area contributed by atoms with Crippen LogP contribution in [0.15, 0.2) is 67.0 Å². The van der Waals surface area contributed by atoms with Crippen LogP contribution in [0.5, 0.6) is 5.75 Å². The lowest BCUT2D eigenvalue weighted by molar-refractivity contribution is 0.0974. The first-order valence-corrected chi connectivity index (χ1v) is 9.54. The average molecular weight is 372 g/mol. The third kappa shape index (κ3) is 3.78. The van der Waals surface area contributed by atoms with Gasteiger partial charge in [0.1, 0.15) is 11.4 Å². The van der Waals surface area contributed by atoms with Gasteiger partial charge in [-0.1, -0.05) is 50.2 Å². The van der Waals surface area contributed by atoms with Crippen molar-refractivity contribution in [1.82, 2.24) is 9.97 Å². The maximum Gasteiger partial charge on any atom is 0.137 e. The van der Waals surface area contributed by atoms with Gasteiger partial charge in [0.25, 0.3) is 0 Å². The molecule has 4 rings (SSSR count). The first kappa shape index (κ1) is 18.3. The molecule has 0 saturated heterocycles. The van der Waals surface area contributed by atoms with E-state index in [0.717, 1.165) is 45.5 Å². The van der Waals surface area contributed by atoms with E-state index in [1.165, 1.54) is 0 Å². The molecule has 28 heavy (non-hydrogen) atoms. The average Bonchev–Trinajstić information content (AvgIpc) is 3.11. The topological polar surface area (TPSA) is 58.1 Å². The molecule has 2 aromatic heterocycles. The third-order valence-electron chi connectivity index (χ3n) is 4.73. The maximum atomic E-state index is 9.80. The number of benzene rings is 2. The molecule has 0 bridgehead atoms. The van der Waals surface area contributed by atoms with Gasteiger partial charge in [0.05, 0.1) is 6.61 Å². The fourth-order valence-electron chi connectivity index (χ4n) is 3.38.